The molecule has 0 fully saturated rings. The van der Waals surface area contributed by atoms with E-state index in [0.717, 1.165) is 0 Å². The van der Waals surface area contributed by atoms with Gasteiger partial charge in [-0.3, -0.25) is 9.59 Å². The quantitative estimate of drug-likeness (QED) is 0.672. The molecule has 18 heavy (non-hydrogen) atoms. The van der Waals surface area contributed by atoms with Crippen molar-refractivity contribution in [2.45, 2.75) is 19.9 Å². The zero-order valence-corrected chi connectivity index (χ0v) is 10.5. The van der Waals surface area contributed by atoms with Crippen LogP contribution in [0.25, 0.3) is 0 Å². The summed E-state index contributed by atoms with van der Waals surface area (Å²) >= 11 is 0. The van der Waals surface area contributed by atoms with Crippen molar-refractivity contribution in [2.75, 3.05) is 25.9 Å². The molecule has 0 aliphatic heterocycles. The fraction of sp³-hybridized carbons (Fsp3) is 0.600. The third kappa shape index (κ3) is 4.40. The van der Waals surface area contributed by atoms with Crippen LogP contribution in [-0.2, 0) is 20.9 Å². The number of carbonyl (C=O) groups is 2. The maximum absolute atomic E-state index is 11.7. The molecule has 1 aromatic heterocycles. The molecule has 0 bridgehead atoms. The van der Waals surface area contributed by atoms with Gasteiger partial charge in [0.2, 0.25) is 11.9 Å². The van der Waals surface area contributed by atoms with Crippen molar-refractivity contribution in [2.24, 2.45) is 0 Å². The lowest BCUT2D eigenvalue weighted by Gasteiger charge is -2.16. The van der Waals surface area contributed by atoms with Gasteiger partial charge in [-0.05, 0) is 6.92 Å². The van der Waals surface area contributed by atoms with E-state index in [4.69, 9.17) is 10.5 Å². The highest BCUT2D eigenvalue weighted by Crippen LogP contribution is 1.96. The fourth-order valence-electron chi connectivity index (χ4n) is 1.26. The second-order valence-corrected chi connectivity index (χ2v) is 3.67. The minimum Gasteiger partial charge on any atom is -0.466 e. The maximum Gasteiger partial charge on any atom is 0.307 e. The topological polar surface area (TPSA) is 103 Å². The first-order valence-corrected chi connectivity index (χ1v) is 5.57. The van der Waals surface area contributed by atoms with E-state index >= 15 is 0 Å². The monoisotopic (exact) mass is 255 g/mol. The summed E-state index contributed by atoms with van der Waals surface area (Å²) in [5.41, 5.74) is 5.33. The lowest BCUT2D eigenvalue weighted by molar-refractivity contribution is -0.143. The number of nitrogens with two attached hydrogens (primary N) is 1. The molecule has 100 valence electrons. The highest BCUT2D eigenvalue weighted by atomic mass is 16.5. The van der Waals surface area contributed by atoms with Crippen molar-refractivity contribution in [3.63, 3.8) is 0 Å². The van der Waals surface area contributed by atoms with Gasteiger partial charge in [-0.25, -0.2) is 9.67 Å². The van der Waals surface area contributed by atoms with Crippen molar-refractivity contribution >= 4 is 17.8 Å². The second kappa shape index (κ2) is 6.58. The summed E-state index contributed by atoms with van der Waals surface area (Å²) < 4.78 is 6.12. The zero-order valence-electron chi connectivity index (χ0n) is 10.5. The van der Waals surface area contributed by atoms with Crippen LogP contribution in [0.1, 0.15) is 13.3 Å². The highest BCUT2D eigenvalue weighted by Gasteiger charge is 2.12. The Morgan fingerprint density at radius 2 is 2.28 bits per heavy atom. The van der Waals surface area contributed by atoms with Crippen molar-refractivity contribution in [3.05, 3.63) is 6.33 Å². The van der Waals surface area contributed by atoms with Crippen LogP contribution in [0.5, 0.6) is 0 Å². The Balaban J connectivity index is 2.35. The van der Waals surface area contributed by atoms with Gasteiger partial charge in [0, 0.05) is 13.6 Å². The molecular weight excluding hydrogens is 238 g/mol. The molecule has 1 aromatic rings. The third-order valence-electron chi connectivity index (χ3n) is 2.23. The molecule has 1 rings (SSSR count). The lowest BCUT2D eigenvalue weighted by atomic mass is 10.4. The largest absolute Gasteiger partial charge is 0.466 e. The highest BCUT2D eigenvalue weighted by molar-refractivity contribution is 5.76. The van der Waals surface area contributed by atoms with Crippen molar-refractivity contribution in [1.82, 2.24) is 19.7 Å². The fourth-order valence-corrected chi connectivity index (χ4v) is 1.26. The smallest absolute Gasteiger partial charge is 0.307 e. The van der Waals surface area contributed by atoms with Gasteiger partial charge in [0.25, 0.3) is 0 Å². The van der Waals surface area contributed by atoms with Crippen LogP contribution < -0.4 is 5.73 Å². The number of rotatable bonds is 6. The average molecular weight is 255 g/mol. The Labute approximate surface area is 105 Å². The normalized spacial score (nSPS) is 10.1. The number of nitrogens with zero attached hydrogens (tertiary/aromatic N) is 4. The molecule has 0 saturated carbocycles. The van der Waals surface area contributed by atoms with Gasteiger partial charge in [-0.2, -0.15) is 0 Å². The van der Waals surface area contributed by atoms with E-state index in [0.29, 0.717) is 13.2 Å². The van der Waals surface area contributed by atoms with Crippen molar-refractivity contribution in [3.8, 4) is 0 Å². The van der Waals surface area contributed by atoms with Gasteiger partial charge >= 0.3 is 5.97 Å². The van der Waals surface area contributed by atoms with Gasteiger partial charge < -0.3 is 15.4 Å². The van der Waals surface area contributed by atoms with Crippen LogP contribution >= 0.6 is 0 Å². The number of aromatic nitrogens is 3. The number of amides is 1. The Kier molecular flexibility index (Phi) is 5.09. The number of nitrogen functional groups attached to an aromatic ring is 1. The average Bonchev–Trinajstić information content (AvgIpc) is 2.72. The molecular formula is C10H17N5O3. The summed E-state index contributed by atoms with van der Waals surface area (Å²) in [6, 6.07) is 0. The van der Waals surface area contributed by atoms with E-state index < -0.39 is 0 Å². The molecule has 8 nitrogen and oxygen atoms in total. The third-order valence-corrected chi connectivity index (χ3v) is 2.23. The summed E-state index contributed by atoms with van der Waals surface area (Å²) in [7, 11) is 1.61. The standard InChI is InChI=1S/C10H17N5O3/c1-3-18-9(17)4-5-14(2)8(16)6-15-7-12-10(11)13-15/h7H,3-6H2,1-2H3,(H2,11,13). The molecule has 1 amide bonds. The Morgan fingerprint density at radius 3 is 2.83 bits per heavy atom. The predicted octanol–water partition coefficient (Wildman–Crippen LogP) is -0.728. The summed E-state index contributed by atoms with van der Waals surface area (Å²) in [6.45, 7) is 2.43. The van der Waals surface area contributed by atoms with E-state index in [2.05, 4.69) is 10.1 Å². The van der Waals surface area contributed by atoms with Crippen LogP contribution in [0.15, 0.2) is 6.33 Å². The number of hydrogen-bond donors (Lipinski definition) is 1. The number of esters is 1. The molecule has 8 heteroatoms. The first-order valence-electron chi connectivity index (χ1n) is 5.57. The van der Waals surface area contributed by atoms with Gasteiger partial charge in [0.15, 0.2) is 0 Å². The first-order chi connectivity index (χ1) is 8.52. The van der Waals surface area contributed by atoms with Crippen molar-refractivity contribution in [1.29, 1.82) is 0 Å². The summed E-state index contributed by atoms with van der Waals surface area (Å²) in [6.07, 6.45) is 1.56. The SMILES string of the molecule is CCOC(=O)CCN(C)C(=O)Cn1cnc(N)n1. The number of likely N-dealkylation sites (N-methyl/N-ethyl adjacent to an activating group) is 1. The molecule has 0 radical (unpaired) electrons. The molecule has 2 N–H and O–H groups in total. The molecule has 0 aliphatic rings. The molecule has 0 aromatic carbocycles. The summed E-state index contributed by atoms with van der Waals surface area (Å²) in [4.78, 5) is 28.0. The van der Waals surface area contributed by atoms with E-state index in [1.807, 2.05) is 0 Å². The Morgan fingerprint density at radius 1 is 1.56 bits per heavy atom. The van der Waals surface area contributed by atoms with E-state index in [1.165, 1.54) is 15.9 Å². The van der Waals surface area contributed by atoms with Crippen LogP contribution in [0.2, 0.25) is 0 Å². The van der Waals surface area contributed by atoms with Gasteiger partial charge in [0.1, 0.15) is 12.9 Å². The van der Waals surface area contributed by atoms with Gasteiger partial charge in [-0.15, -0.1) is 5.10 Å². The molecule has 0 spiro atoms. The zero-order chi connectivity index (χ0) is 13.5. The molecule has 0 aliphatic carbocycles. The first kappa shape index (κ1) is 13.9. The van der Waals surface area contributed by atoms with Crippen LogP contribution in [-0.4, -0.2) is 51.7 Å². The molecule has 0 saturated heterocycles. The number of hydrogen-bond acceptors (Lipinski definition) is 6. The van der Waals surface area contributed by atoms with E-state index in [-0.39, 0.29) is 30.8 Å². The second-order valence-electron chi connectivity index (χ2n) is 3.67. The minimum absolute atomic E-state index is 0.0452. The van der Waals surface area contributed by atoms with Crippen LogP contribution in [0.3, 0.4) is 0 Å². The van der Waals surface area contributed by atoms with Crippen LogP contribution in [0.4, 0.5) is 5.95 Å². The summed E-state index contributed by atoms with van der Waals surface area (Å²) in [5, 5.41) is 3.80. The van der Waals surface area contributed by atoms with Gasteiger partial charge in [0.05, 0.1) is 13.0 Å². The van der Waals surface area contributed by atoms with E-state index in [1.54, 1.807) is 14.0 Å². The molecule has 0 atom stereocenters. The van der Waals surface area contributed by atoms with Crippen molar-refractivity contribution < 1.29 is 14.3 Å². The predicted molar refractivity (Wildman–Crippen MR) is 63.3 cm³/mol. The number of carbonyl (C=O) groups excluding carboxylic acids is 2. The number of anilines is 1. The van der Waals surface area contributed by atoms with Gasteiger partial charge in [-0.1, -0.05) is 0 Å². The Hall–Kier alpha value is -2.12. The van der Waals surface area contributed by atoms with Crippen LogP contribution in [0, 0.1) is 0 Å². The number of ether oxygens (including phenoxy) is 1. The van der Waals surface area contributed by atoms with E-state index in [9.17, 15) is 9.59 Å². The Bertz CT molecular complexity index is 417. The summed E-state index contributed by atoms with van der Waals surface area (Å²) in [5.74, 6) is -0.372. The maximum atomic E-state index is 11.7. The minimum atomic E-state index is -0.317. The lowest BCUT2D eigenvalue weighted by Crippen LogP contribution is -2.32. The molecule has 0 unspecified atom stereocenters. The molecule has 1 heterocycles.